The maximum atomic E-state index is 14.0. The molecule has 13 nitrogen and oxygen atoms in total. The van der Waals surface area contributed by atoms with Crippen molar-refractivity contribution in [3.8, 4) is 11.5 Å². The molecule has 250 valence electrons. The summed E-state index contributed by atoms with van der Waals surface area (Å²) in [6.07, 6.45) is -3.44. The smallest absolute Gasteiger partial charge is 0.338 e. The van der Waals surface area contributed by atoms with Crippen LogP contribution in [0.15, 0.2) is 47.4 Å². The Morgan fingerprint density at radius 2 is 1.62 bits per heavy atom. The zero-order valence-corrected chi connectivity index (χ0v) is 26.6. The van der Waals surface area contributed by atoms with Gasteiger partial charge in [-0.2, -0.15) is 4.72 Å². The lowest BCUT2D eigenvalue weighted by Crippen LogP contribution is -2.63. The standard InChI is InChI=1S/C31H44N2O11S/c1-4-6-8-12-16-41-31(38)21-17-23(32-15-7-5-2)29(43-22-13-10-9-11-14-22)25(18-21)45(39,40)33-30-28(37)27(36)26(35)24(44-30)19-42-20(3)34/h9-11,13-14,17-18,24,26-28,30,32-33,35-37H,4-8,12,15-16,19H2,1-3H3/t24-,26-,27+,28-,30?/m1/s1. The van der Waals surface area contributed by atoms with Crippen LogP contribution in [0.1, 0.15) is 69.7 Å². The fourth-order valence-corrected chi connectivity index (χ4v) is 5.85. The third-order valence-corrected chi connectivity index (χ3v) is 8.48. The molecule has 1 fully saturated rings. The van der Waals surface area contributed by atoms with Crippen molar-refractivity contribution in [2.75, 3.05) is 25.1 Å². The first-order chi connectivity index (χ1) is 21.5. The molecule has 0 aromatic heterocycles. The average Bonchev–Trinajstić information content (AvgIpc) is 3.01. The van der Waals surface area contributed by atoms with E-state index in [1.165, 1.54) is 6.07 Å². The van der Waals surface area contributed by atoms with Crippen LogP contribution in [0, 0.1) is 0 Å². The molecule has 1 aliphatic heterocycles. The predicted molar refractivity (Wildman–Crippen MR) is 164 cm³/mol. The Labute approximate surface area is 263 Å². The van der Waals surface area contributed by atoms with Gasteiger partial charge in [-0.25, -0.2) is 13.2 Å². The van der Waals surface area contributed by atoms with Crippen molar-refractivity contribution in [2.45, 2.75) is 94.8 Å². The number of para-hydroxylation sites is 1. The summed E-state index contributed by atoms with van der Waals surface area (Å²) in [4.78, 5) is 24.0. The molecule has 2 aromatic carbocycles. The Kier molecular flexibility index (Phi) is 14.0. The number of hydrogen-bond donors (Lipinski definition) is 5. The van der Waals surface area contributed by atoms with E-state index in [9.17, 15) is 33.3 Å². The number of aliphatic hydroxyl groups is 3. The monoisotopic (exact) mass is 652 g/mol. The molecular weight excluding hydrogens is 608 g/mol. The summed E-state index contributed by atoms with van der Waals surface area (Å²) >= 11 is 0. The molecule has 2 aromatic rings. The van der Waals surface area contributed by atoms with Gasteiger partial charge in [0.25, 0.3) is 0 Å². The van der Waals surface area contributed by atoms with E-state index in [-0.39, 0.29) is 23.6 Å². The number of anilines is 1. The molecule has 1 saturated heterocycles. The largest absolute Gasteiger partial charge is 0.463 e. The number of carbonyl (C=O) groups excluding carboxylic acids is 2. The van der Waals surface area contributed by atoms with Crippen LogP contribution in [0.5, 0.6) is 11.5 Å². The molecule has 0 aliphatic carbocycles. The fraction of sp³-hybridized carbons (Fsp3) is 0.548. The van der Waals surface area contributed by atoms with Crippen molar-refractivity contribution in [1.29, 1.82) is 0 Å². The second-order valence-electron chi connectivity index (χ2n) is 10.7. The Morgan fingerprint density at radius 1 is 0.911 bits per heavy atom. The van der Waals surface area contributed by atoms with Crippen LogP contribution in [0.2, 0.25) is 0 Å². The lowest BCUT2D eigenvalue weighted by molar-refractivity contribution is -0.234. The van der Waals surface area contributed by atoms with Gasteiger partial charge in [-0.1, -0.05) is 57.7 Å². The highest BCUT2D eigenvalue weighted by atomic mass is 32.2. The van der Waals surface area contributed by atoms with E-state index in [1.807, 2.05) is 6.92 Å². The van der Waals surface area contributed by atoms with Crippen molar-refractivity contribution >= 4 is 27.6 Å². The van der Waals surface area contributed by atoms with Gasteiger partial charge in [0.1, 0.15) is 41.7 Å². The van der Waals surface area contributed by atoms with Gasteiger partial charge in [-0.05, 0) is 37.1 Å². The number of unbranched alkanes of at least 4 members (excludes halogenated alkanes) is 4. The van der Waals surface area contributed by atoms with Crippen LogP contribution in [-0.4, -0.2) is 86.1 Å². The van der Waals surface area contributed by atoms with Gasteiger partial charge in [0, 0.05) is 13.5 Å². The maximum Gasteiger partial charge on any atom is 0.338 e. The maximum absolute atomic E-state index is 14.0. The Morgan fingerprint density at radius 3 is 2.29 bits per heavy atom. The van der Waals surface area contributed by atoms with Crippen molar-refractivity contribution < 1.29 is 52.3 Å². The molecule has 1 heterocycles. The number of nitrogens with one attached hydrogen (secondary N) is 2. The van der Waals surface area contributed by atoms with Gasteiger partial charge >= 0.3 is 11.9 Å². The van der Waals surface area contributed by atoms with Gasteiger partial charge in [-0.3, -0.25) is 4.79 Å². The summed E-state index contributed by atoms with van der Waals surface area (Å²) in [5.74, 6) is -1.25. The molecule has 0 radical (unpaired) electrons. The van der Waals surface area contributed by atoms with Gasteiger partial charge in [0.05, 0.1) is 17.9 Å². The molecule has 14 heteroatoms. The molecular formula is C31H44N2O11S. The third kappa shape index (κ3) is 10.4. The molecule has 1 aliphatic rings. The Bertz CT molecular complexity index is 1360. The zero-order chi connectivity index (χ0) is 33.0. The first kappa shape index (κ1) is 36.2. The minimum Gasteiger partial charge on any atom is -0.463 e. The number of aliphatic hydroxyl groups excluding tert-OH is 3. The molecule has 5 atom stereocenters. The number of hydrogen-bond acceptors (Lipinski definition) is 12. The average molecular weight is 653 g/mol. The van der Waals surface area contributed by atoms with Crippen molar-refractivity contribution in [2.24, 2.45) is 0 Å². The molecule has 0 amide bonds. The Hall–Kier alpha value is -3.27. The van der Waals surface area contributed by atoms with Crippen LogP contribution in [0.3, 0.4) is 0 Å². The quantitative estimate of drug-likeness (QED) is 0.124. The first-order valence-electron chi connectivity index (χ1n) is 15.2. The van der Waals surface area contributed by atoms with Crippen LogP contribution in [-0.2, 0) is 29.0 Å². The number of ether oxygens (including phenoxy) is 4. The van der Waals surface area contributed by atoms with Gasteiger partial charge < -0.3 is 39.6 Å². The van der Waals surface area contributed by atoms with Crippen molar-refractivity contribution in [3.63, 3.8) is 0 Å². The molecule has 1 unspecified atom stereocenters. The van der Waals surface area contributed by atoms with Crippen molar-refractivity contribution in [1.82, 2.24) is 4.72 Å². The summed E-state index contributed by atoms with van der Waals surface area (Å²) in [6, 6.07) is 11.0. The molecule has 45 heavy (non-hydrogen) atoms. The number of carbonyl (C=O) groups is 2. The summed E-state index contributed by atoms with van der Waals surface area (Å²) < 4.78 is 52.2. The number of sulfonamides is 1. The van der Waals surface area contributed by atoms with Crippen molar-refractivity contribution in [3.05, 3.63) is 48.0 Å². The lowest BCUT2D eigenvalue weighted by atomic mass is 9.99. The zero-order valence-electron chi connectivity index (χ0n) is 25.8. The minimum atomic E-state index is -4.69. The highest BCUT2D eigenvalue weighted by Gasteiger charge is 2.46. The highest BCUT2D eigenvalue weighted by molar-refractivity contribution is 7.89. The van der Waals surface area contributed by atoms with E-state index >= 15 is 0 Å². The SMILES string of the molecule is CCCCCCOC(=O)c1cc(NCCCC)c(Oc2ccccc2)c(S(=O)(=O)NC2O[C@H](COC(C)=O)[C@@H](O)[C@H](O)[C@H]2O)c1. The summed E-state index contributed by atoms with van der Waals surface area (Å²) in [5, 5.41) is 34.6. The molecule has 0 spiro atoms. The summed E-state index contributed by atoms with van der Waals surface area (Å²) in [7, 11) is -4.69. The third-order valence-electron chi connectivity index (χ3n) is 7.05. The lowest BCUT2D eigenvalue weighted by Gasteiger charge is -2.40. The number of esters is 2. The predicted octanol–water partition coefficient (Wildman–Crippen LogP) is 3.08. The van der Waals surface area contributed by atoms with Crippen LogP contribution >= 0.6 is 0 Å². The van der Waals surface area contributed by atoms with Crippen LogP contribution < -0.4 is 14.8 Å². The number of rotatable bonds is 17. The van der Waals surface area contributed by atoms with E-state index in [4.69, 9.17) is 18.9 Å². The molecule has 5 N–H and O–H groups in total. The summed E-state index contributed by atoms with van der Waals surface area (Å²) in [6.45, 7) is 5.28. The minimum absolute atomic E-state index is 0.0569. The highest BCUT2D eigenvalue weighted by Crippen LogP contribution is 2.38. The molecule has 0 bridgehead atoms. The van der Waals surface area contributed by atoms with E-state index in [1.54, 1.807) is 30.3 Å². The Balaban J connectivity index is 2.04. The van der Waals surface area contributed by atoms with Gasteiger partial charge in [-0.15, -0.1) is 0 Å². The second-order valence-corrected chi connectivity index (χ2v) is 12.4. The topological polar surface area (TPSA) is 190 Å². The second kappa shape index (κ2) is 17.4. The van der Waals surface area contributed by atoms with Gasteiger partial charge in [0.15, 0.2) is 12.0 Å². The first-order valence-corrected chi connectivity index (χ1v) is 16.6. The normalized spacial score (nSPS) is 21.6. The van der Waals surface area contributed by atoms with E-state index in [2.05, 4.69) is 17.0 Å². The summed E-state index contributed by atoms with van der Waals surface area (Å²) in [5.41, 5.74) is 0.153. The fourth-order valence-electron chi connectivity index (χ4n) is 4.54. The number of benzene rings is 2. The molecule has 0 saturated carbocycles. The van der Waals surface area contributed by atoms with Gasteiger partial charge in [0.2, 0.25) is 10.0 Å². The van der Waals surface area contributed by atoms with E-state index in [0.29, 0.717) is 18.7 Å². The van der Waals surface area contributed by atoms with Crippen LogP contribution in [0.25, 0.3) is 0 Å². The van der Waals surface area contributed by atoms with E-state index in [0.717, 1.165) is 45.1 Å². The van der Waals surface area contributed by atoms with E-state index < -0.39 is 64.1 Å². The van der Waals surface area contributed by atoms with Crippen LogP contribution in [0.4, 0.5) is 5.69 Å². The molecule has 3 rings (SSSR count).